The molecule has 2 heterocycles. The Morgan fingerprint density at radius 2 is 2.15 bits per heavy atom. The summed E-state index contributed by atoms with van der Waals surface area (Å²) >= 11 is 0. The van der Waals surface area contributed by atoms with Gasteiger partial charge in [0.1, 0.15) is 6.04 Å². The van der Waals surface area contributed by atoms with Crippen molar-refractivity contribution in [3.05, 3.63) is 0 Å². The van der Waals surface area contributed by atoms with E-state index in [-0.39, 0.29) is 19.2 Å². The zero-order chi connectivity index (χ0) is 14.6. The number of rotatable bonds is 5. The molecule has 2 atom stereocenters. The Labute approximate surface area is 118 Å². The van der Waals surface area contributed by atoms with Crippen LogP contribution in [0.2, 0.25) is 0 Å². The van der Waals surface area contributed by atoms with Crippen LogP contribution in [0.25, 0.3) is 0 Å². The molecule has 0 aliphatic carbocycles. The van der Waals surface area contributed by atoms with Crippen LogP contribution in [0.1, 0.15) is 19.3 Å². The molecule has 20 heavy (non-hydrogen) atoms. The molecule has 0 amide bonds. The zero-order valence-electron chi connectivity index (χ0n) is 11.2. The summed E-state index contributed by atoms with van der Waals surface area (Å²) < 4.78 is 38.4. The standard InChI is InChI=1S/C11H20N2O6S/c14-11(15)10-3-1-2-4-13(10)20(16,17)12-7-9-8-18-5-6-19-9/h9-10,12H,1-8H2,(H,14,15). The minimum absolute atomic E-state index is 0.0885. The molecule has 9 heteroatoms. The number of nitrogens with one attached hydrogen (secondary N) is 1. The monoisotopic (exact) mass is 308 g/mol. The van der Waals surface area contributed by atoms with Gasteiger partial charge >= 0.3 is 5.97 Å². The summed E-state index contributed by atoms with van der Waals surface area (Å²) in [6, 6.07) is -0.982. The van der Waals surface area contributed by atoms with Gasteiger partial charge in [0.05, 0.1) is 25.9 Å². The summed E-state index contributed by atoms with van der Waals surface area (Å²) in [6.45, 7) is 1.61. The van der Waals surface area contributed by atoms with E-state index in [0.717, 1.165) is 10.7 Å². The number of carboxylic acids is 1. The summed E-state index contributed by atoms with van der Waals surface area (Å²) in [5.41, 5.74) is 0. The van der Waals surface area contributed by atoms with Crippen LogP contribution in [-0.2, 0) is 24.5 Å². The van der Waals surface area contributed by atoms with Crippen molar-refractivity contribution in [3.8, 4) is 0 Å². The minimum Gasteiger partial charge on any atom is -0.480 e. The molecular weight excluding hydrogens is 288 g/mol. The topological polar surface area (TPSA) is 105 Å². The first-order valence-corrected chi connectivity index (χ1v) is 8.13. The normalized spacial score (nSPS) is 29.2. The highest BCUT2D eigenvalue weighted by Gasteiger charge is 2.36. The Kier molecular flexibility index (Phi) is 5.33. The molecule has 0 bridgehead atoms. The molecule has 0 aromatic carbocycles. The van der Waals surface area contributed by atoms with Gasteiger partial charge in [-0.15, -0.1) is 0 Å². The fraction of sp³-hybridized carbons (Fsp3) is 0.909. The van der Waals surface area contributed by atoms with Crippen LogP contribution in [0.3, 0.4) is 0 Å². The van der Waals surface area contributed by atoms with Gasteiger partial charge in [-0.25, -0.2) is 0 Å². The SMILES string of the molecule is O=C(O)C1CCCCN1S(=O)(=O)NCC1COCCO1. The van der Waals surface area contributed by atoms with Gasteiger partial charge in [-0.3, -0.25) is 4.79 Å². The second-order valence-corrected chi connectivity index (χ2v) is 6.59. The molecule has 2 fully saturated rings. The van der Waals surface area contributed by atoms with Crippen molar-refractivity contribution < 1.29 is 27.8 Å². The fourth-order valence-corrected chi connectivity index (χ4v) is 3.84. The van der Waals surface area contributed by atoms with E-state index in [1.165, 1.54) is 0 Å². The lowest BCUT2D eigenvalue weighted by atomic mass is 10.1. The highest BCUT2D eigenvalue weighted by molar-refractivity contribution is 7.87. The van der Waals surface area contributed by atoms with Gasteiger partial charge in [-0.1, -0.05) is 0 Å². The molecular formula is C11H20N2O6S. The smallest absolute Gasteiger partial charge is 0.322 e. The number of ether oxygens (including phenoxy) is 2. The molecule has 8 nitrogen and oxygen atoms in total. The van der Waals surface area contributed by atoms with Gasteiger partial charge in [0.2, 0.25) is 0 Å². The lowest BCUT2D eigenvalue weighted by Gasteiger charge is -2.32. The largest absolute Gasteiger partial charge is 0.480 e. The van der Waals surface area contributed by atoms with Gasteiger partial charge in [0, 0.05) is 13.1 Å². The average molecular weight is 308 g/mol. The van der Waals surface area contributed by atoms with Crippen molar-refractivity contribution in [2.45, 2.75) is 31.4 Å². The fourth-order valence-electron chi connectivity index (χ4n) is 2.38. The first kappa shape index (κ1) is 15.6. The molecule has 116 valence electrons. The molecule has 2 N–H and O–H groups in total. The van der Waals surface area contributed by atoms with Crippen LogP contribution in [0.15, 0.2) is 0 Å². The highest BCUT2D eigenvalue weighted by Crippen LogP contribution is 2.20. The molecule has 0 saturated carbocycles. The number of nitrogens with zero attached hydrogens (tertiary/aromatic N) is 1. The summed E-state index contributed by atoms with van der Waals surface area (Å²) in [7, 11) is -3.81. The van der Waals surface area contributed by atoms with Gasteiger partial charge < -0.3 is 14.6 Å². The average Bonchev–Trinajstić information content (AvgIpc) is 2.46. The Balaban J connectivity index is 1.95. The number of aliphatic carboxylic acids is 1. The van der Waals surface area contributed by atoms with Gasteiger partial charge in [0.15, 0.2) is 0 Å². The van der Waals surface area contributed by atoms with Crippen molar-refractivity contribution >= 4 is 16.2 Å². The number of carbonyl (C=O) groups is 1. The van der Waals surface area contributed by atoms with E-state index in [1.807, 2.05) is 0 Å². The number of hydrogen-bond acceptors (Lipinski definition) is 5. The zero-order valence-corrected chi connectivity index (χ0v) is 12.0. The predicted octanol–water partition coefficient (Wildman–Crippen LogP) is -0.825. The highest BCUT2D eigenvalue weighted by atomic mass is 32.2. The molecule has 2 aliphatic heterocycles. The summed E-state index contributed by atoms with van der Waals surface area (Å²) in [6.07, 6.45) is 1.42. The molecule has 2 unspecified atom stereocenters. The molecule has 2 saturated heterocycles. The maximum absolute atomic E-state index is 12.2. The summed E-state index contributed by atoms with van der Waals surface area (Å²) in [4.78, 5) is 11.1. The van der Waals surface area contributed by atoms with E-state index in [2.05, 4.69) is 4.72 Å². The van der Waals surface area contributed by atoms with E-state index in [9.17, 15) is 13.2 Å². The second-order valence-electron chi connectivity index (χ2n) is 4.88. The number of piperidine rings is 1. The Morgan fingerprint density at radius 3 is 2.80 bits per heavy atom. The van der Waals surface area contributed by atoms with E-state index in [4.69, 9.17) is 14.6 Å². The van der Waals surface area contributed by atoms with Crippen LogP contribution in [-0.4, -0.2) is 68.9 Å². The van der Waals surface area contributed by atoms with Crippen LogP contribution in [0.5, 0.6) is 0 Å². The Bertz CT molecular complexity index is 434. The molecule has 0 radical (unpaired) electrons. The van der Waals surface area contributed by atoms with Crippen LogP contribution in [0, 0.1) is 0 Å². The van der Waals surface area contributed by atoms with E-state index < -0.39 is 22.2 Å². The van der Waals surface area contributed by atoms with Crippen molar-refractivity contribution in [3.63, 3.8) is 0 Å². The van der Waals surface area contributed by atoms with E-state index >= 15 is 0 Å². The van der Waals surface area contributed by atoms with Crippen LogP contribution < -0.4 is 4.72 Å². The van der Waals surface area contributed by atoms with Crippen molar-refractivity contribution in [1.29, 1.82) is 0 Å². The van der Waals surface area contributed by atoms with Gasteiger partial charge in [0.25, 0.3) is 10.2 Å². The summed E-state index contributed by atoms with van der Waals surface area (Å²) in [5.74, 6) is -1.10. The Morgan fingerprint density at radius 1 is 1.35 bits per heavy atom. The van der Waals surface area contributed by atoms with Crippen molar-refractivity contribution in [2.75, 3.05) is 32.9 Å². The van der Waals surface area contributed by atoms with Crippen LogP contribution >= 0.6 is 0 Å². The second kappa shape index (κ2) is 6.81. The molecule has 0 spiro atoms. The van der Waals surface area contributed by atoms with Crippen molar-refractivity contribution in [1.82, 2.24) is 9.03 Å². The maximum Gasteiger partial charge on any atom is 0.322 e. The van der Waals surface area contributed by atoms with Crippen molar-refractivity contribution in [2.24, 2.45) is 0 Å². The van der Waals surface area contributed by atoms with Crippen LogP contribution in [0.4, 0.5) is 0 Å². The Hall–Kier alpha value is -0.740. The van der Waals surface area contributed by atoms with Gasteiger partial charge in [-0.2, -0.15) is 17.4 Å². The maximum atomic E-state index is 12.2. The third-order valence-corrected chi connectivity index (χ3v) is 5.01. The quantitative estimate of drug-likeness (QED) is 0.687. The van der Waals surface area contributed by atoms with Gasteiger partial charge in [-0.05, 0) is 19.3 Å². The molecule has 0 aromatic rings. The summed E-state index contributed by atoms with van der Waals surface area (Å²) in [5, 5.41) is 9.11. The first-order chi connectivity index (χ1) is 9.50. The minimum atomic E-state index is -3.81. The van der Waals surface area contributed by atoms with E-state index in [0.29, 0.717) is 32.7 Å². The lowest BCUT2D eigenvalue weighted by molar-refractivity contribution is -0.142. The lowest BCUT2D eigenvalue weighted by Crippen LogP contribution is -2.53. The molecule has 2 aliphatic rings. The third-order valence-electron chi connectivity index (χ3n) is 3.43. The first-order valence-electron chi connectivity index (χ1n) is 6.69. The third kappa shape index (κ3) is 3.89. The predicted molar refractivity (Wildman–Crippen MR) is 69.5 cm³/mol. The number of hydrogen-bond donors (Lipinski definition) is 2. The molecule has 0 aromatic heterocycles. The number of carboxylic acid groups (broad SMARTS) is 1. The van der Waals surface area contributed by atoms with E-state index in [1.54, 1.807) is 0 Å². The molecule has 2 rings (SSSR count).